The summed E-state index contributed by atoms with van der Waals surface area (Å²) < 4.78 is 0. The van der Waals surface area contributed by atoms with E-state index in [0.717, 1.165) is 16.1 Å². The fraction of sp³-hybridized carbons (Fsp3) is 0.222. The fourth-order valence-electron chi connectivity index (χ4n) is 2.17. The van der Waals surface area contributed by atoms with Crippen LogP contribution in [-0.2, 0) is 22.4 Å². The summed E-state index contributed by atoms with van der Waals surface area (Å²) in [5.74, 6) is 4.93. The van der Waals surface area contributed by atoms with Gasteiger partial charge in [0.2, 0.25) is 11.8 Å². The number of carbonyl (C=O) groups excluding carboxylic acids is 2. The third-order valence-electron chi connectivity index (χ3n) is 3.48. The number of hydrazine groups is 1. The maximum atomic E-state index is 11.9. The summed E-state index contributed by atoms with van der Waals surface area (Å²) in [4.78, 5) is 23.9. The summed E-state index contributed by atoms with van der Waals surface area (Å²) in [5.41, 5.74) is 2.11. The van der Waals surface area contributed by atoms with Gasteiger partial charge in [-0.1, -0.05) is 60.7 Å². The number of imide groups is 1. The summed E-state index contributed by atoms with van der Waals surface area (Å²) in [6, 6.07) is 19.3. The van der Waals surface area contributed by atoms with E-state index in [9.17, 15) is 9.59 Å². The number of rotatable bonds is 6. The molecule has 2 N–H and O–H groups in total. The predicted octanol–water partition coefficient (Wildman–Crippen LogP) is 2.48. The van der Waals surface area contributed by atoms with Gasteiger partial charge < -0.3 is 0 Å². The van der Waals surface area contributed by atoms with Gasteiger partial charge in [0.15, 0.2) is 0 Å². The molecule has 0 saturated heterocycles. The first kappa shape index (κ1) is 15.9. The first-order valence-electron chi connectivity index (χ1n) is 7.35. The Labute approximate surface area is 130 Å². The van der Waals surface area contributed by atoms with E-state index in [1.807, 2.05) is 60.7 Å². The Balaban J connectivity index is 1.78. The second-order valence-corrected chi connectivity index (χ2v) is 5.13. The highest BCUT2D eigenvalue weighted by atomic mass is 16.2. The number of hydrogen-bond acceptors (Lipinski definition) is 3. The quantitative estimate of drug-likeness (QED) is 0.506. The Bertz CT molecular complexity index is 556. The molecule has 2 rings (SSSR count). The smallest absolute Gasteiger partial charge is 0.243 e. The molecule has 0 fully saturated rings. The van der Waals surface area contributed by atoms with E-state index in [0.29, 0.717) is 12.8 Å². The number of nitrogens with zero attached hydrogens (tertiary/aromatic N) is 1. The molecule has 0 aliphatic rings. The second-order valence-electron chi connectivity index (χ2n) is 5.13. The molecule has 2 aromatic carbocycles. The van der Waals surface area contributed by atoms with Gasteiger partial charge in [0.25, 0.3) is 0 Å². The van der Waals surface area contributed by atoms with Crippen LogP contribution in [-0.4, -0.2) is 16.8 Å². The van der Waals surface area contributed by atoms with Gasteiger partial charge in [-0.25, -0.2) is 10.9 Å². The van der Waals surface area contributed by atoms with Gasteiger partial charge in [-0.15, -0.1) is 0 Å². The van der Waals surface area contributed by atoms with E-state index in [2.05, 4.69) is 0 Å². The lowest BCUT2D eigenvalue weighted by molar-refractivity contribution is -0.145. The van der Waals surface area contributed by atoms with E-state index in [1.165, 1.54) is 0 Å². The third kappa shape index (κ3) is 4.82. The van der Waals surface area contributed by atoms with Crippen LogP contribution >= 0.6 is 0 Å². The highest BCUT2D eigenvalue weighted by Gasteiger charge is 2.17. The maximum Gasteiger partial charge on any atom is 0.243 e. The lowest BCUT2D eigenvalue weighted by Gasteiger charge is -2.14. The molecule has 0 unspecified atom stereocenters. The zero-order valence-electron chi connectivity index (χ0n) is 12.4. The van der Waals surface area contributed by atoms with Gasteiger partial charge in [-0.05, 0) is 24.0 Å². The van der Waals surface area contributed by atoms with Crippen LogP contribution in [0.15, 0.2) is 60.7 Å². The summed E-state index contributed by atoms with van der Waals surface area (Å²) >= 11 is 0. The minimum absolute atomic E-state index is 0.234. The van der Waals surface area contributed by atoms with Crippen molar-refractivity contribution in [3.05, 3.63) is 71.8 Å². The molecule has 4 heteroatoms. The third-order valence-corrected chi connectivity index (χ3v) is 3.48. The molecule has 2 aromatic rings. The number of nitrogens with two attached hydrogens (primary N) is 1. The van der Waals surface area contributed by atoms with Crippen molar-refractivity contribution in [3.8, 4) is 0 Å². The van der Waals surface area contributed by atoms with E-state index in [4.69, 9.17) is 5.84 Å². The van der Waals surface area contributed by atoms with Crippen LogP contribution in [0.3, 0.4) is 0 Å². The molecule has 0 radical (unpaired) electrons. The van der Waals surface area contributed by atoms with Gasteiger partial charge in [0.1, 0.15) is 0 Å². The standard InChI is InChI=1S/C18H20N2O2/c19-20(17(21)13-11-15-7-3-1-4-8-15)18(22)14-12-16-9-5-2-6-10-16/h1-10H,11-14,19H2. The minimum atomic E-state index is -0.345. The maximum absolute atomic E-state index is 11.9. The van der Waals surface area contributed by atoms with Crippen LogP contribution in [0.4, 0.5) is 0 Å². The zero-order chi connectivity index (χ0) is 15.8. The van der Waals surface area contributed by atoms with Gasteiger partial charge in [0.05, 0.1) is 0 Å². The molecule has 114 valence electrons. The Hall–Kier alpha value is -2.46. The van der Waals surface area contributed by atoms with Crippen molar-refractivity contribution >= 4 is 11.8 Å². The second kappa shape index (κ2) is 8.10. The van der Waals surface area contributed by atoms with Gasteiger partial charge >= 0.3 is 0 Å². The fourth-order valence-corrected chi connectivity index (χ4v) is 2.17. The number of amides is 2. The normalized spacial score (nSPS) is 10.2. The Morgan fingerprint density at radius 2 is 1.09 bits per heavy atom. The topological polar surface area (TPSA) is 63.4 Å². The van der Waals surface area contributed by atoms with Crippen molar-refractivity contribution in [2.45, 2.75) is 25.7 Å². The van der Waals surface area contributed by atoms with E-state index < -0.39 is 0 Å². The highest BCUT2D eigenvalue weighted by molar-refractivity contribution is 5.94. The Morgan fingerprint density at radius 3 is 1.45 bits per heavy atom. The van der Waals surface area contributed by atoms with Crippen LogP contribution in [0.25, 0.3) is 0 Å². The SMILES string of the molecule is NN(C(=O)CCc1ccccc1)C(=O)CCc1ccccc1. The average Bonchev–Trinajstić information content (AvgIpc) is 2.58. The van der Waals surface area contributed by atoms with Gasteiger partial charge in [0, 0.05) is 12.8 Å². The monoisotopic (exact) mass is 296 g/mol. The van der Waals surface area contributed by atoms with E-state index in [1.54, 1.807) is 0 Å². The molecule has 0 saturated carbocycles. The molecule has 0 heterocycles. The van der Waals surface area contributed by atoms with Crippen LogP contribution in [0.5, 0.6) is 0 Å². The van der Waals surface area contributed by atoms with E-state index >= 15 is 0 Å². The predicted molar refractivity (Wildman–Crippen MR) is 85.6 cm³/mol. The molecule has 0 spiro atoms. The Kier molecular flexibility index (Phi) is 5.86. The first-order valence-corrected chi connectivity index (χ1v) is 7.35. The lowest BCUT2D eigenvalue weighted by Crippen LogP contribution is -2.42. The average molecular weight is 296 g/mol. The van der Waals surface area contributed by atoms with Crippen molar-refractivity contribution in [1.82, 2.24) is 5.01 Å². The van der Waals surface area contributed by atoms with Gasteiger partial charge in [-0.3, -0.25) is 9.59 Å². The van der Waals surface area contributed by atoms with Crippen molar-refractivity contribution in [2.75, 3.05) is 0 Å². The molecule has 0 atom stereocenters. The molecule has 0 aromatic heterocycles. The first-order chi connectivity index (χ1) is 10.7. The number of aryl methyl sites for hydroxylation is 2. The molecule has 0 aliphatic carbocycles. The van der Waals surface area contributed by atoms with Crippen LogP contribution < -0.4 is 5.84 Å². The van der Waals surface area contributed by atoms with Crippen molar-refractivity contribution in [1.29, 1.82) is 0 Å². The van der Waals surface area contributed by atoms with Crippen LogP contribution in [0.1, 0.15) is 24.0 Å². The molecular formula is C18H20N2O2. The molecule has 0 bridgehead atoms. The van der Waals surface area contributed by atoms with Crippen molar-refractivity contribution in [2.24, 2.45) is 5.84 Å². The number of hydrogen-bond donors (Lipinski definition) is 1. The molecule has 2 amide bonds. The zero-order valence-corrected chi connectivity index (χ0v) is 12.4. The molecule has 0 aliphatic heterocycles. The number of benzene rings is 2. The molecular weight excluding hydrogens is 276 g/mol. The lowest BCUT2D eigenvalue weighted by atomic mass is 10.1. The molecule has 22 heavy (non-hydrogen) atoms. The number of carbonyl (C=O) groups is 2. The summed E-state index contributed by atoms with van der Waals surface area (Å²) in [6.45, 7) is 0. The van der Waals surface area contributed by atoms with Gasteiger partial charge in [-0.2, -0.15) is 0 Å². The van der Waals surface area contributed by atoms with Crippen molar-refractivity contribution in [3.63, 3.8) is 0 Å². The summed E-state index contributed by atoms with van der Waals surface area (Å²) in [6.07, 6.45) is 1.63. The van der Waals surface area contributed by atoms with Crippen LogP contribution in [0.2, 0.25) is 0 Å². The Morgan fingerprint density at radius 1 is 0.727 bits per heavy atom. The van der Waals surface area contributed by atoms with Crippen LogP contribution in [0, 0.1) is 0 Å². The van der Waals surface area contributed by atoms with Crippen molar-refractivity contribution < 1.29 is 9.59 Å². The molecule has 4 nitrogen and oxygen atoms in total. The minimum Gasteiger partial charge on any atom is -0.273 e. The summed E-state index contributed by atoms with van der Waals surface area (Å²) in [5, 5.41) is 0.756. The highest BCUT2D eigenvalue weighted by Crippen LogP contribution is 2.06. The largest absolute Gasteiger partial charge is 0.273 e. The summed E-state index contributed by atoms with van der Waals surface area (Å²) in [7, 11) is 0. The van der Waals surface area contributed by atoms with E-state index in [-0.39, 0.29) is 24.7 Å².